The maximum atomic E-state index is 13.2. The van der Waals surface area contributed by atoms with Crippen molar-refractivity contribution in [3.8, 4) is 0 Å². The van der Waals surface area contributed by atoms with Crippen molar-refractivity contribution in [2.24, 2.45) is 4.99 Å². The van der Waals surface area contributed by atoms with E-state index >= 15 is 0 Å². The zero-order valence-electron chi connectivity index (χ0n) is 13.9. The van der Waals surface area contributed by atoms with Crippen molar-refractivity contribution in [1.82, 2.24) is 25.4 Å². The van der Waals surface area contributed by atoms with Crippen molar-refractivity contribution in [3.05, 3.63) is 46.8 Å². The van der Waals surface area contributed by atoms with Gasteiger partial charge in [-0.2, -0.15) is 0 Å². The Kier molecular flexibility index (Phi) is 6.99. The zero-order chi connectivity index (χ0) is 17.4. The van der Waals surface area contributed by atoms with E-state index in [2.05, 4.69) is 25.8 Å². The number of hydrogen-bond acceptors (Lipinski definition) is 3. The molecule has 2 rings (SSSR count). The summed E-state index contributed by atoms with van der Waals surface area (Å²) in [6, 6.07) is 4.62. The van der Waals surface area contributed by atoms with Crippen LogP contribution >= 0.6 is 11.6 Å². The molecule has 8 heteroatoms. The molecule has 0 atom stereocenters. The largest absolute Gasteiger partial charge is 0.357 e. The van der Waals surface area contributed by atoms with Crippen LogP contribution in [-0.2, 0) is 19.5 Å². The number of halogens is 2. The van der Waals surface area contributed by atoms with Gasteiger partial charge in [0, 0.05) is 26.1 Å². The maximum Gasteiger partial charge on any atom is 0.191 e. The van der Waals surface area contributed by atoms with Gasteiger partial charge in [-0.15, -0.1) is 10.2 Å². The van der Waals surface area contributed by atoms with Crippen molar-refractivity contribution < 1.29 is 4.39 Å². The van der Waals surface area contributed by atoms with E-state index in [0.29, 0.717) is 19.0 Å². The van der Waals surface area contributed by atoms with Gasteiger partial charge in [0.2, 0.25) is 0 Å². The average molecular weight is 353 g/mol. The average Bonchev–Trinajstić information content (AvgIpc) is 3.03. The lowest BCUT2D eigenvalue weighted by Crippen LogP contribution is -2.38. The van der Waals surface area contributed by atoms with Crippen LogP contribution in [-0.4, -0.2) is 33.8 Å². The number of nitrogens with zero attached hydrogens (tertiary/aromatic N) is 4. The first kappa shape index (κ1) is 18.2. The summed E-state index contributed by atoms with van der Waals surface area (Å²) in [7, 11) is 0. The summed E-state index contributed by atoms with van der Waals surface area (Å²) < 4.78 is 15.2. The third-order valence-corrected chi connectivity index (χ3v) is 3.69. The molecule has 0 radical (unpaired) electrons. The lowest BCUT2D eigenvalue weighted by molar-refractivity contribution is 0.627. The molecule has 1 aromatic heterocycles. The van der Waals surface area contributed by atoms with Crippen LogP contribution in [0.2, 0.25) is 5.02 Å². The third kappa shape index (κ3) is 5.19. The SMILES string of the molecule is CCNC(=NCc1ccc(F)c(Cl)c1)NCCn1cnnc1CC. The normalized spacial score (nSPS) is 11.6. The molecule has 24 heavy (non-hydrogen) atoms. The summed E-state index contributed by atoms with van der Waals surface area (Å²) in [6.07, 6.45) is 2.57. The molecule has 2 N–H and O–H groups in total. The topological polar surface area (TPSA) is 67.1 Å². The van der Waals surface area contributed by atoms with Gasteiger partial charge in [0.05, 0.1) is 11.6 Å². The molecule has 0 bridgehead atoms. The van der Waals surface area contributed by atoms with E-state index in [4.69, 9.17) is 11.6 Å². The summed E-state index contributed by atoms with van der Waals surface area (Å²) in [5.74, 6) is 1.24. The van der Waals surface area contributed by atoms with Crippen LogP contribution in [0.3, 0.4) is 0 Å². The standard InChI is InChI=1S/C16H22ClFN6/c1-3-15-23-22-11-24(15)8-7-20-16(19-4-2)21-10-12-5-6-14(18)13(17)9-12/h5-6,9,11H,3-4,7-8,10H2,1-2H3,(H2,19,20,21). The Morgan fingerprint density at radius 3 is 2.88 bits per heavy atom. The fourth-order valence-electron chi connectivity index (χ4n) is 2.18. The minimum Gasteiger partial charge on any atom is -0.357 e. The zero-order valence-corrected chi connectivity index (χ0v) is 14.6. The van der Waals surface area contributed by atoms with E-state index < -0.39 is 5.82 Å². The minimum atomic E-state index is -0.421. The predicted molar refractivity (Wildman–Crippen MR) is 93.6 cm³/mol. The minimum absolute atomic E-state index is 0.111. The first-order chi connectivity index (χ1) is 11.6. The van der Waals surface area contributed by atoms with Gasteiger partial charge in [0.25, 0.3) is 0 Å². The van der Waals surface area contributed by atoms with Crippen LogP contribution in [0.15, 0.2) is 29.5 Å². The molecular formula is C16H22ClFN6. The molecule has 0 unspecified atom stereocenters. The highest BCUT2D eigenvalue weighted by Crippen LogP contribution is 2.16. The number of nitrogens with one attached hydrogen (secondary N) is 2. The molecule has 1 heterocycles. The van der Waals surface area contributed by atoms with Crippen LogP contribution < -0.4 is 10.6 Å². The van der Waals surface area contributed by atoms with Gasteiger partial charge in [-0.05, 0) is 24.6 Å². The van der Waals surface area contributed by atoms with Crippen LogP contribution in [0.5, 0.6) is 0 Å². The second kappa shape index (κ2) is 9.22. The lowest BCUT2D eigenvalue weighted by atomic mass is 10.2. The molecular weight excluding hydrogens is 331 g/mol. The molecule has 0 fully saturated rings. The van der Waals surface area contributed by atoms with Crippen LogP contribution in [0.4, 0.5) is 4.39 Å². The maximum absolute atomic E-state index is 13.2. The lowest BCUT2D eigenvalue weighted by Gasteiger charge is -2.12. The molecule has 0 amide bonds. The Morgan fingerprint density at radius 2 is 2.17 bits per heavy atom. The molecule has 0 saturated carbocycles. The molecule has 0 aliphatic heterocycles. The van der Waals surface area contributed by atoms with Gasteiger partial charge in [-0.1, -0.05) is 24.6 Å². The quantitative estimate of drug-likeness (QED) is 0.593. The van der Waals surface area contributed by atoms with Gasteiger partial charge in [-0.3, -0.25) is 0 Å². The summed E-state index contributed by atoms with van der Waals surface area (Å²) in [4.78, 5) is 4.49. The molecule has 2 aromatic rings. The fraction of sp³-hybridized carbons (Fsp3) is 0.438. The fourth-order valence-corrected chi connectivity index (χ4v) is 2.39. The van der Waals surface area contributed by atoms with Crippen molar-refractivity contribution in [2.75, 3.05) is 13.1 Å². The van der Waals surface area contributed by atoms with Gasteiger partial charge in [0.15, 0.2) is 5.96 Å². The van der Waals surface area contributed by atoms with E-state index in [-0.39, 0.29) is 5.02 Å². The van der Waals surface area contributed by atoms with Crippen molar-refractivity contribution in [3.63, 3.8) is 0 Å². The Balaban J connectivity index is 1.91. The molecule has 0 aliphatic rings. The number of benzene rings is 1. The molecule has 0 aliphatic carbocycles. The molecule has 6 nitrogen and oxygen atoms in total. The van der Waals surface area contributed by atoms with Gasteiger partial charge in [0.1, 0.15) is 18.0 Å². The Morgan fingerprint density at radius 1 is 1.33 bits per heavy atom. The molecule has 1 aromatic carbocycles. The van der Waals surface area contributed by atoms with E-state index in [1.54, 1.807) is 18.5 Å². The monoisotopic (exact) mass is 352 g/mol. The first-order valence-corrected chi connectivity index (χ1v) is 8.34. The number of guanidine groups is 1. The van der Waals surface area contributed by atoms with Crippen molar-refractivity contribution >= 4 is 17.6 Å². The Hall–Kier alpha value is -2.15. The Labute approximate surface area is 146 Å². The molecule has 130 valence electrons. The predicted octanol–water partition coefficient (Wildman–Crippen LogP) is 2.39. The second-order valence-corrected chi connectivity index (χ2v) is 5.57. The molecule has 0 saturated heterocycles. The van der Waals surface area contributed by atoms with E-state index in [1.807, 2.05) is 18.4 Å². The summed E-state index contributed by atoms with van der Waals surface area (Å²) in [5, 5.41) is 14.5. The van der Waals surface area contributed by atoms with E-state index in [0.717, 1.165) is 30.9 Å². The van der Waals surface area contributed by atoms with Crippen molar-refractivity contribution in [1.29, 1.82) is 0 Å². The van der Waals surface area contributed by atoms with Crippen molar-refractivity contribution in [2.45, 2.75) is 33.4 Å². The van der Waals surface area contributed by atoms with Crippen LogP contribution in [0, 0.1) is 5.82 Å². The van der Waals surface area contributed by atoms with Gasteiger partial charge >= 0.3 is 0 Å². The summed E-state index contributed by atoms with van der Waals surface area (Å²) >= 11 is 5.79. The number of aromatic nitrogens is 3. The highest BCUT2D eigenvalue weighted by atomic mass is 35.5. The van der Waals surface area contributed by atoms with Crippen LogP contribution in [0.25, 0.3) is 0 Å². The summed E-state index contributed by atoms with van der Waals surface area (Å²) in [6.45, 7) is 6.67. The number of aliphatic imine (C=N–C) groups is 1. The number of hydrogen-bond donors (Lipinski definition) is 2. The smallest absolute Gasteiger partial charge is 0.191 e. The summed E-state index contributed by atoms with van der Waals surface area (Å²) in [5.41, 5.74) is 0.852. The van der Waals surface area contributed by atoms with E-state index in [1.165, 1.54) is 6.07 Å². The van der Waals surface area contributed by atoms with Gasteiger partial charge in [-0.25, -0.2) is 9.38 Å². The highest BCUT2D eigenvalue weighted by molar-refractivity contribution is 6.30. The number of rotatable bonds is 7. The highest BCUT2D eigenvalue weighted by Gasteiger charge is 2.03. The van der Waals surface area contributed by atoms with Gasteiger partial charge < -0.3 is 15.2 Å². The third-order valence-electron chi connectivity index (χ3n) is 3.41. The number of aryl methyl sites for hydroxylation is 1. The van der Waals surface area contributed by atoms with E-state index in [9.17, 15) is 4.39 Å². The molecule has 0 spiro atoms. The second-order valence-electron chi connectivity index (χ2n) is 5.16. The first-order valence-electron chi connectivity index (χ1n) is 7.96. The Bertz CT molecular complexity index is 685. The van der Waals surface area contributed by atoms with Crippen LogP contribution in [0.1, 0.15) is 25.2 Å².